The van der Waals surface area contributed by atoms with Crippen LogP contribution in [-0.2, 0) is 0 Å². The molecule has 0 atom stereocenters. The van der Waals surface area contributed by atoms with E-state index < -0.39 is 22.2 Å². The molecule has 100 valence electrons. The summed E-state index contributed by atoms with van der Waals surface area (Å²) in [4.78, 5) is 10.0. The molecule has 18 heavy (non-hydrogen) atoms. The highest BCUT2D eigenvalue weighted by molar-refractivity contribution is 5.62. The van der Waals surface area contributed by atoms with Crippen LogP contribution in [0.15, 0.2) is 12.1 Å². The molecular weight excluding hydrogens is 242 g/mol. The summed E-state index contributed by atoms with van der Waals surface area (Å²) in [5.41, 5.74) is -0.813. The monoisotopic (exact) mass is 258 g/mol. The quantitative estimate of drug-likeness (QED) is 0.625. The zero-order chi connectivity index (χ0) is 13.7. The lowest BCUT2D eigenvalue weighted by Gasteiger charge is -2.14. The topological polar surface area (TPSA) is 55.2 Å². The van der Waals surface area contributed by atoms with Gasteiger partial charge >= 0.3 is 0 Å². The number of halogens is 2. The smallest absolute Gasteiger partial charge is 0.295 e. The Bertz CT molecular complexity index is 434. The summed E-state index contributed by atoms with van der Waals surface area (Å²) in [6.45, 7) is 4.34. The summed E-state index contributed by atoms with van der Waals surface area (Å²) >= 11 is 0. The van der Waals surface area contributed by atoms with E-state index in [1.165, 1.54) is 0 Å². The van der Waals surface area contributed by atoms with Crippen LogP contribution in [0.25, 0.3) is 0 Å². The van der Waals surface area contributed by atoms with Gasteiger partial charge in [-0.05, 0) is 12.0 Å². The molecule has 0 aliphatic carbocycles. The molecule has 4 nitrogen and oxygen atoms in total. The summed E-state index contributed by atoms with van der Waals surface area (Å²) in [7, 11) is 0. The van der Waals surface area contributed by atoms with Gasteiger partial charge in [-0.3, -0.25) is 10.1 Å². The number of nitro groups is 1. The first-order chi connectivity index (χ1) is 8.51. The Kier molecular flexibility index (Phi) is 5.00. The minimum absolute atomic E-state index is 0.271. The molecule has 0 heterocycles. The van der Waals surface area contributed by atoms with E-state index in [0.717, 1.165) is 25.0 Å². The lowest BCUT2D eigenvalue weighted by Crippen LogP contribution is -2.15. The van der Waals surface area contributed by atoms with Crippen molar-refractivity contribution < 1.29 is 13.7 Å². The fourth-order valence-electron chi connectivity index (χ4n) is 1.68. The van der Waals surface area contributed by atoms with Crippen molar-refractivity contribution in [2.75, 3.05) is 11.9 Å². The summed E-state index contributed by atoms with van der Waals surface area (Å²) in [5, 5.41) is 13.4. The van der Waals surface area contributed by atoms with E-state index in [0.29, 0.717) is 6.54 Å². The maximum Gasteiger partial charge on any atom is 0.295 e. The maximum atomic E-state index is 13.5. The molecule has 0 aliphatic rings. The average molecular weight is 258 g/mol. The number of hydrogen-bond donors (Lipinski definition) is 1. The van der Waals surface area contributed by atoms with E-state index in [1.54, 1.807) is 0 Å². The fourth-order valence-corrected chi connectivity index (χ4v) is 1.68. The number of rotatable bonds is 6. The lowest BCUT2D eigenvalue weighted by molar-refractivity contribution is -0.384. The van der Waals surface area contributed by atoms with Crippen LogP contribution < -0.4 is 5.32 Å². The van der Waals surface area contributed by atoms with Gasteiger partial charge in [-0.2, -0.15) is 0 Å². The zero-order valence-electron chi connectivity index (χ0n) is 10.4. The molecule has 0 aromatic heterocycles. The second-order valence-electron chi connectivity index (χ2n) is 4.08. The third-order valence-electron chi connectivity index (χ3n) is 2.99. The van der Waals surface area contributed by atoms with Gasteiger partial charge in [-0.25, -0.2) is 8.78 Å². The Morgan fingerprint density at radius 2 is 1.94 bits per heavy atom. The number of benzene rings is 1. The van der Waals surface area contributed by atoms with Gasteiger partial charge in [0, 0.05) is 12.6 Å². The number of nitrogens with one attached hydrogen (secondary N) is 1. The molecule has 0 radical (unpaired) electrons. The van der Waals surface area contributed by atoms with Gasteiger partial charge in [0.1, 0.15) is 0 Å². The summed E-state index contributed by atoms with van der Waals surface area (Å²) in [6, 6.07) is 1.73. The number of hydrogen-bond acceptors (Lipinski definition) is 3. The van der Waals surface area contributed by atoms with Gasteiger partial charge in [0.15, 0.2) is 17.3 Å². The number of nitrogens with zero attached hydrogens (tertiary/aromatic N) is 1. The first kappa shape index (κ1) is 14.3. The predicted octanol–water partition coefficient (Wildman–Crippen LogP) is 3.72. The van der Waals surface area contributed by atoms with E-state index in [4.69, 9.17) is 0 Å². The maximum absolute atomic E-state index is 13.5. The molecular formula is C12H16F2N2O2. The van der Waals surface area contributed by atoms with Crippen molar-refractivity contribution in [2.45, 2.75) is 26.7 Å². The van der Waals surface area contributed by atoms with Crippen molar-refractivity contribution in [1.82, 2.24) is 0 Å². The molecule has 0 aliphatic heterocycles. The molecule has 0 bridgehead atoms. The van der Waals surface area contributed by atoms with Crippen LogP contribution in [0.5, 0.6) is 0 Å². The van der Waals surface area contributed by atoms with Crippen molar-refractivity contribution in [3.05, 3.63) is 33.9 Å². The van der Waals surface area contributed by atoms with Gasteiger partial charge in [-0.15, -0.1) is 0 Å². The molecule has 1 rings (SSSR count). The normalized spacial score (nSPS) is 10.7. The third-order valence-corrected chi connectivity index (χ3v) is 2.99. The first-order valence-electron chi connectivity index (χ1n) is 5.87. The highest BCUT2D eigenvalue weighted by Crippen LogP contribution is 2.29. The Balaban J connectivity index is 2.98. The third kappa shape index (κ3) is 3.15. The second-order valence-corrected chi connectivity index (χ2v) is 4.08. The largest absolute Gasteiger partial charge is 0.377 e. The standard InChI is InChI=1S/C12H16F2N2O2/c1-3-8(4-2)7-15-12-10(16(17)18)6-5-9(13)11(12)14/h5-6,8,15H,3-4,7H2,1-2H3. The van der Waals surface area contributed by atoms with E-state index in [-0.39, 0.29) is 11.6 Å². The Morgan fingerprint density at radius 3 is 2.44 bits per heavy atom. The van der Waals surface area contributed by atoms with Crippen LogP contribution in [0.3, 0.4) is 0 Å². The van der Waals surface area contributed by atoms with Crippen molar-refractivity contribution in [2.24, 2.45) is 5.92 Å². The van der Waals surface area contributed by atoms with E-state index in [2.05, 4.69) is 5.32 Å². The van der Waals surface area contributed by atoms with Crippen molar-refractivity contribution in [1.29, 1.82) is 0 Å². The van der Waals surface area contributed by atoms with Crippen molar-refractivity contribution >= 4 is 11.4 Å². The summed E-state index contributed by atoms with van der Waals surface area (Å²) < 4.78 is 26.6. The van der Waals surface area contributed by atoms with Crippen molar-refractivity contribution in [3.8, 4) is 0 Å². The summed E-state index contributed by atoms with van der Waals surface area (Å²) in [6.07, 6.45) is 1.74. The lowest BCUT2D eigenvalue weighted by atomic mass is 10.0. The first-order valence-corrected chi connectivity index (χ1v) is 5.87. The van der Waals surface area contributed by atoms with Crippen LogP contribution in [-0.4, -0.2) is 11.5 Å². The van der Waals surface area contributed by atoms with Crippen LogP contribution in [0.2, 0.25) is 0 Å². The molecule has 6 heteroatoms. The van der Waals surface area contributed by atoms with E-state index in [9.17, 15) is 18.9 Å². The Hall–Kier alpha value is -1.72. The fraction of sp³-hybridized carbons (Fsp3) is 0.500. The highest BCUT2D eigenvalue weighted by atomic mass is 19.2. The van der Waals surface area contributed by atoms with Crippen LogP contribution in [0, 0.1) is 27.7 Å². The molecule has 0 amide bonds. The van der Waals surface area contributed by atoms with Crippen LogP contribution in [0.1, 0.15) is 26.7 Å². The Morgan fingerprint density at radius 1 is 1.33 bits per heavy atom. The van der Waals surface area contributed by atoms with Gasteiger partial charge in [0.25, 0.3) is 5.69 Å². The minimum atomic E-state index is -1.20. The van der Waals surface area contributed by atoms with Crippen LogP contribution in [0.4, 0.5) is 20.2 Å². The van der Waals surface area contributed by atoms with Gasteiger partial charge in [-0.1, -0.05) is 26.7 Å². The number of anilines is 1. The predicted molar refractivity (Wildman–Crippen MR) is 65.6 cm³/mol. The molecule has 1 N–H and O–H groups in total. The zero-order valence-corrected chi connectivity index (χ0v) is 10.4. The minimum Gasteiger partial charge on any atom is -0.377 e. The molecule has 0 unspecified atom stereocenters. The van der Waals surface area contributed by atoms with Gasteiger partial charge in [0.2, 0.25) is 0 Å². The summed E-state index contributed by atoms with van der Waals surface area (Å²) in [5.74, 6) is -2.02. The Labute approximate surface area is 104 Å². The molecule has 1 aromatic carbocycles. The molecule has 0 spiro atoms. The SMILES string of the molecule is CCC(CC)CNc1c([N+](=O)[O-])ccc(F)c1F. The molecule has 0 saturated carbocycles. The van der Waals surface area contributed by atoms with E-state index >= 15 is 0 Å². The molecule has 0 fully saturated rings. The number of nitro benzene ring substituents is 1. The van der Waals surface area contributed by atoms with Gasteiger partial charge < -0.3 is 5.32 Å². The highest BCUT2D eigenvalue weighted by Gasteiger charge is 2.21. The van der Waals surface area contributed by atoms with E-state index in [1.807, 2.05) is 13.8 Å². The van der Waals surface area contributed by atoms with Gasteiger partial charge in [0.05, 0.1) is 4.92 Å². The second kappa shape index (κ2) is 6.28. The molecule has 0 saturated heterocycles. The molecule has 1 aromatic rings. The van der Waals surface area contributed by atoms with Crippen LogP contribution >= 0.6 is 0 Å². The average Bonchev–Trinajstić information content (AvgIpc) is 2.35. The van der Waals surface area contributed by atoms with Crippen molar-refractivity contribution in [3.63, 3.8) is 0 Å².